The van der Waals surface area contributed by atoms with Crippen molar-refractivity contribution < 1.29 is 14.4 Å². The molecule has 2 aromatic rings. The number of rotatable bonds is 16. The third-order valence-electron chi connectivity index (χ3n) is 8.13. The molecule has 3 atom stereocenters. The van der Waals surface area contributed by atoms with Crippen LogP contribution in [0.5, 0.6) is 0 Å². The van der Waals surface area contributed by atoms with Gasteiger partial charge in [-0.15, -0.1) is 11.3 Å². The average molecular weight is 554 g/mol. The Kier molecular flexibility index (Phi) is 11.9. The van der Waals surface area contributed by atoms with Crippen LogP contribution < -0.4 is 5.32 Å². The lowest BCUT2D eigenvalue weighted by Crippen LogP contribution is -2.43. The average Bonchev–Trinajstić information content (AvgIpc) is 3.58. The number of hydrogen-bond donors (Lipinski definition) is 1. The van der Waals surface area contributed by atoms with E-state index in [1.165, 1.54) is 18.4 Å². The van der Waals surface area contributed by atoms with Gasteiger partial charge in [-0.2, -0.15) is 0 Å². The van der Waals surface area contributed by atoms with Gasteiger partial charge in [0.1, 0.15) is 5.78 Å². The lowest BCUT2D eigenvalue weighted by atomic mass is 9.91. The SMILES string of the molecule is C=C(CN1CCCC1)C(=O)CC[C@@H](NC(=O)[C@@H](CC(=O)CC)Cc1nc2ccc(C(C)C)cc2s1)[C@@H](C)CC. The minimum absolute atomic E-state index is 0.0758. The van der Waals surface area contributed by atoms with Crippen molar-refractivity contribution in [1.82, 2.24) is 15.2 Å². The summed E-state index contributed by atoms with van der Waals surface area (Å²) >= 11 is 1.61. The molecular formula is C32H47N3O3S. The van der Waals surface area contributed by atoms with E-state index < -0.39 is 5.92 Å². The van der Waals surface area contributed by atoms with Crippen molar-refractivity contribution in [3.05, 3.63) is 40.9 Å². The van der Waals surface area contributed by atoms with Crippen LogP contribution in [0.3, 0.4) is 0 Å². The first-order valence-corrected chi connectivity index (χ1v) is 15.6. The molecule has 1 aliphatic heterocycles. The van der Waals surface area contributed by atoms with Crippen molar-refractivity contribution in [2.45, 2.75) is 97.9 Å². The molecule has 3 rings (SSSR count). The Morgan fingerprint density at radius 1 is 1.13 bits per heavy atom. The van der Waals surface area contributed by atoms with E-state index in [-0.39, 0.29) is 35.9 Å². The molecule has 1 N–H and O–H groups in total. The van der Waals surface area contributed by atoms with E-state index in [0.29, 0.717) is 43.7 Å². The van der Waals surface area contributed by atoms with Crippen molar-refractivity contribution >= 4 is 39.0 Å². The Hall–Kier alpha value is -2.38. The third kappa shape index (κ3) is 9.07. The van der Waals surface area contributed by atoms with E-state index in [1.54, 1.807) is 11.3 Å². The maximum atomic E-state index is 13.6. The smallest absolute Gasteiger partial charge is 0.224 e. The maximum absolute atomic E-state index is 13.6. The standard InChI is InChI=1S/C32H47N3O3S/c1-7-22(5)27(13-14-29(37)23(6)20-35-15-9-10-16-35)34-32(38)25(17-26(36)8-2)19-31-33-28-12-11-24(21(3)4)18-30(28)39-31/h11-12,18,21-22,25,27H,6-10,13-17,19-20H2,1-5H3,(H,34,38)/t22-,25-,27+/m0/s1. The topological polar surface area (TPSA) is 79.4 Å². The molecule has 0 unspecified atom stereocenters. The van der Waals surface area contributed by atoms with E-state index in [2.05, 4.69) is 56.6 Å². The molecule has 1 amide bonds. The number of thiazole rings is 1. The van der Waals surface area contributed by atoms with Crippen LogP contribution in [-0.2, 0) is 20.8 Å². The Morgan fingerprint density at radius 2 is 1.85 bits per heavy atom. The van der Waals surface area contributed by atoms with E-state index >= 15 is 0 Å². The summed E-state index contributed by atoms with van der Waals surface area (Å²) in [6, 6.07) is 6.21. The number of fused-ring (bicyclic) bond motifs is 1. The number of carbonyl (C=O) groups excluding carboxylic acids is 3. The minimum Gasteiger partial charge on any atom is -0.353 e. The molecule has 7 heteroatoms. The molecule has 0 bridgehead atoms. The van der Waals surface area contributed by atoms with Crippen molar-refractivity contribution in [3.63, 3.8) is 0 Å². The van der Waals surface area contributed by atoms with Gasteiger partial charge in [0, 0.05) is 43.8 Å². The first-order chi connectivity index (χ1) is 18.6. The lowest BCUT2D eigenvalue weighted by Gasteiger charge is -2.27. The Morgan fingerprint density at radius 3 is 2.49 bits per heavy atom. The highest BCUT2D eigenvalue weighted by molar-refractivity contribution is 7.18. The third-order valence-corrected chi connectivity index (χ3v) is 9.17. The molecule has 0 spiro atoms. The molecular weight excluding hydrogens is 506 g/mol. The Balaban J connectivity index is 1.68. The highest BCUT2D eigenvalue weighted by atomic mass is 32.1. The number of aromatic nitrogens is 1. The predicted octanol–water partition coefficient (Wildman–Crippen LogP) is 6.48. The monoisotopic (exact) mass is 553 g/mol. The number of Topliss-reactive ketones (excluding diaryl/α,β-unsaturated/α-hetero) is 2. The van der Waals surface area contributed by atoms with Crippen LogP contribution in [0.15, 0.2) is 30.4 Å². The molecule has 6 nitrogen and oxygen atoms in total. The summed E-state index contributed by atoms with van der Waals surface area (Å²) in [6.07, 6.45) is 5.25. The largest absolute Gasteiger partial charge is 0.353 e. The molecule has 0 aliphatic carbocycles. The summed E-state index contributed by atoms with van der Waals surface area (Å²) in [5, 5.41) is 4.11. The predicted molar refractivity (Wildman–Crippen MR) is 161 cm³/mol. The second kappa shape index (κ2) is 14.8. The van der Waals surface area contributed by atoms with Gasteiger partial charge in [-0.1, -0.05) is 53.7 Å². The van der Waals surface area contributed by atoms with Gasteiger partial charge in [-0.05, 0) is 61.9 Å². The molecule has 1 aromatic carbocycles. The number of ketones is 2. The fraction of sp³-hybridized carbons (Fsp3) is 0.625. The number of carbonyl (C=O) groups is 3. The van der Waals surface area contributed by atoms with Gasteiger partial charge in [-0.3, -0.25) is 19.3 Å². The number of nitrogens with one attached hydrogen (secondary N) is 1. The van der Waals surface area contributed by atoms with E-state index in [0.717, 1.165) is 34.7 Å². The number of hydrogen-bond acceptors (Lipinski definition) is 6. The summed E-state index contributed by atoms with van der Waals surface area (Å²) in [4.78, 5) is 46.0. The maximum Gasteiger partial charge on any atom is 0.224 e. The first kappa shape index (κ1) is 31.2. The molecule has 1 fully saturated rings. The minimum atomic E-state index is -0.477. The highest BCUT2D eigenvalue weighted by Crippen LogP contribution is 2.29. The van der Waals surface area contributed by atoms with Crippen LogP contribution in [0.1, 0.15) is 96.1 Å². The zero-order valence-electron chi connectivity index (χ0n) is 24.6. The van der Waals surface area contributed by atoms with Crippen LogP contribution >= 0.6 is 11.3 Å². The van der Waals surface area contributed by atoms with E-state index in [9.17, 15) is 14.4 Å². The van der Waals surface area contributed by atoms with Crippen molar-refractivity contribution in [2.24, 2.45) is 11.8 Å². The van der Waals surface area contributed by atoms with Gasteiger partial charge in [0.25, 0.3) is 0 Å². The normalized spacial score (nSPS) is 16.4. The van der Waals surface area contributed by atoms with Gasteiger partial charge < -0.3 is 5.32 Å². The van der Waals surface area contributed by atoms with Gasteiger partial charge >= 0.3 is 0 Å². The van der Waals surface area contributed by atoms with Crippen LogP contribution in [0.4, 0.5) is 0 Å². The van der Waals surface area contributed by atoms with Gasteiger partial charge in [0.15, 0.2) is 5.78 Å². The molecule has 39 heavy (non-hydrogen) atoms. The van der Waals surface area contributed by atoms with Gasteiger partial charge in [0.05, 0.1) is 21.1 Å². The Labute approximate surface area is 238 Å². The Bertz CT molecular complexity index is 1150. The quantitative estimate of drug-likeness (QED) is 0.241. The molecule has 1 saturated heterocycles. The second-order valence-electron chi connectivity index (χ2n) is 11.5. The molecule has 0 saturated carbocycles. The number of benzene rings is 1. The fourth-order valence-corrected chi connectivity index (χ4v) is 6.26. The van der Waals surface area contributed by atoms with E-state index in [4.69, 9.17) is 4.98 Å². The molecule has 214 valence electrons. The van der Waals surface area contributed by atoms with E-state index in [1.807, 2.05) is 13.0 Å². The second-order valence-corrected chi connectivity index (χ2v) is 12.7. The fourth-order valence-electron chi connectivity index (χ4n) is 5.17. The summed E-state index contributed by atoms with van der Waals surface area (Å²) in [7, 11) is 0. The first-order valence-electron chi connectivity index (χ1n) is 14.8. The lowest BCUT2D eigenvalue weighted by molar-refractivity contribution is -0.130. The highest BCUT2D eigenvalue weighted by Gasteiger charge is 2.28. The zero-order chi connectivity index (χ0) is 28.5. The van der Waals surface area contributed by atoms with Crippen LogP contribution in [-0.4, -0.2) is 53.0 Å². The summed E-state index contributed by atoms with van der Waals surface area (Å²) in [5.41, 5.74) is 2.86. The molecule has 0 radical (unpaired) electrons. The van der Waals surface area contributed by atoms with Crippen LogP contribution in [0, 0.1) is 11.8 Å². The van der Waals surface area contributed by atoms with Gasteiger partial charge in [-0.25, -0.2) is 4.98 Å². The summed E-state index contributed by atoms with van der Waals surface area (Å²) in [6.45, 7) is 17.1. The van der Waals surface area contributed by atoms with Crippen molar-refractivity contribution in [1.29, 1.82) is 0 Å². The van der Waals surface area contributed by atoms with Gasteiger partial charge in [0.2, 0.25) is 5.91 Å². The van der Waals surface area contributed by atoms with Crippen molar-refractivity contribution in [2.75, 3.05) is 19.6 Å². The number of nitrogens with zero attached hydrogens (tertiary/aromatic N) is 2. The van der Waals surface area contributed by atoms with Crippen LogP contribution in [0.2, 0.25) is 0 Å². The number of likely N-dealkylation sites (tertiary alicyclic amines) is 1. The zero-order valence-corrected chi connectivity index (χ0v) is 25.4. The number of amides is 1. The summed E-state index contributed by atoms with van der Waals surface area (Å²) in [5.74, 6) is 0.210. The van der Waals surface area contributed by atoms with Crippen molar-refractivity contribution in [3.8, 4) is 0 Å². The molecule has 2 heterocycles. The molecule has 1 aromatic heterocycles. The summed E-state index contributed by atoms with van der Waals surface area (Å²) < 4.78 is 1.11. The van der Waals surface area contributed by atoms with Crippen LogP contribution in [0.25, 0.3) is 10.2 Å². The molecule has 1 aliphatic rings.